The first-order valence-corrected chi connectivity index (χ1v) is 4.86. The molecule has 6 heteroatoms. The molecule has 70 valence electrons. The lowest BCUT2D eigenvalue weighted by Gasteiger charge is -1.98. The Bertz CT molecular complexity index is 280. The highest BCUT2D eigenvalue weighted by molar-refractivity contribution is 7.85. The molecular weight excluding hydrogens is 182 g/mol. The van der Waals surface area contributed by atoms with E-state index in [4.69, 9.17) is 10.3 Å². The average Bonchev–Trinajstić information content (AvgIpc) is 1.84. The van der Waals surface area contributed by atoms with E-state index in [0.29, 0.717) is 0 Å². The van der Waals surface area contributed by atoms with Gasteiger partial charge in [-0.25, -0.2) is 0 Å². The molecular formula is C6H11NO4S. The molecule has 0 rings (SSSR count). The minimum Gasteiger partial charge on any atom is -0.366 e. The van der Waals surface area contributed by atoms with Crippen LogP contribution in [0.5, 0.6) is 0 Å². The smallest absolute Gasteiger partial charge is 0.264 e. The fourth-order valence-electron chi connectivity index (χ4n) is 0.591. The van der Waals surface area contributed by atoms with Crippen LogP contribution in [0, 0.1) is 0 Å². The lowest BCUT2D eigenvalue weighted by molar-refractivity contribution is -0.114. The molecule has 0 bridgehead atoms. The normalized spacial score (nSPS) is 11.1. The molecule has 0 aliphatic rings. The number of nitrogens with two attached hydrogens (primary N) is 1. The number of amides is 1. The van der Waals surface area contributed by atoms with Gasteiger partial charge in [-0.05, 0) is 12.8 Å². The summed E-state index contributed by atoms with van der Waals surface area (Å²) in [5.41, 5.74) is 5.00. The van der Waals surface area contributed by atoms with Crippen LogP contribution in [0.2, 0.25) is 0 Å². The van der Waals surface area contributed by atoms with Crippen molar-refractivity contribution in [3.05, 3.63) is 12.2 Å². The van der Waals surface area contributed by atoms with E-state index in [2.05, 4.69) is 6.58 Å². The first-order valence-electron chi connectivity index (χ1n) is 3.25. The Morgan fingerprint density at radius 1 is 1.50 bits per heavy atom. The van der Waals surface area contributed by atoms with Crippen molar-refractivity contribution in [2.24, 2.45) is 5.73 Å². The molecule has 3 N–H and O–H groups in total. The summed E-state index contributed by atoms with van der Waals surface area (Å²) in [6.07, 6.45) is 0.343. The summed E-state index contributed by atoms with van der Waals surface area (Å²) in [6, 6.07) is 0. The van der Waals surface area contributed by atoms with Crippen LogP contribution in [-0.2, 0) is 14.9 Å². The molecule has 0 aromatic carbocycles. The standard InChI is InChI=1S/C6H11NO4S/c1-5(6(7)8)3-2-4-12(9,10)11/h1-4H2,(H2,7,8)(H,9,10,11). The summed E-state index contributed by atoms with van der Waals surface area (Å²) in [6.45, 7) is 3.32. The van der Waals surface area contributed by atoms with Crippen LogP contribution >= 0.6 is 0 Å². The number of rotatable bonds is 5. The first-order chi connectivity index (χ1) is 5.33. The van der Waals surface area contributed by atoms with Crippen molar-refractivity contribution < 1.29 is 17.8 Å². The van der Waals surface area contributed by atoms with Gasteiger partial charge in [0.15, 0.2) is 0 Å². The summed E-state index contributed by atoms with van der Waals surface area (Å²) in [5, 5.41) is 0. The zero-order chi connectivity index (χ0) is 9.78. The van der Waals surface area contributed by atoms with Crippen molar-refractivity contribution in [2.45, 2.75) is 12.8 Å². The summed E-state index contributed by atoms with van der Waals surface area (Å²) >= 11 is 0. The van der Waals surface area contributed by atoms with E-state index in [-0.39, 0.29) is 24.2 Å². The van der Waals surface area contributed by atoms with Gasteiger partial charge in [-0.1, -0.05) is 6.58 Å². The van der Waals surface area contributed by atoms with Gasteiger partial charge >= 0.3 is 0 Å². The lowest BCUT2D eigenvalue weighted by atomic mass is 10.2. The number of carbonyl (C=O) groups is 1. The zero-order valence-electron chi connectivity index (χ0n) is 6.49. The SMILES string of the molecule is C=C(CCCS(=O)(=O)O)C(N)=O. The molecule has 0 saturated carbocycles. The third kappa shape index (κ3) is 5.87. The van der Waals surface area contributed by atoms with Gasteiger partial charge in [0.25, 0.3) is 10.1 Å². The maximum absolute atomic E-state index is 10.4. The molecule has 5 nitrogen and oxygen atoms in total. The van der Waals surface area contributed by atoms with Crippen molar-refractivity contribution in [2.75, 3.05) is 5.75 Å². The predicted octanol–water partition coefficient (Wildman–Crippen LogP) is -0.304. The van der Waals surface area contributed by atoms with Crippen molar-refractivity contribution in [3.8, 4) is 0 Å². The van der Waals surface area contributed by atoms with E-state index >= 15 is 0 Å². The minimum atomic E-state index is -3.94. The van der Waals surface area contributed by atoms with Crippen molar-refractivity contribution in [1.29, 1.82) is 0 Å². The maximum Gasteiger partial charge on any atom is 0.264 e. The van der Waals surface area contributed by atoms with Gasteiger partial charge < -0.3 is 5.73 Å². The highest BCUT2D eigenvalue weighted by Crippen LogP contribution is 2.02. The van der Waals surface area contributed by atoms with Gasteiger partial charge in [0.1, 0.15) is 0 Å². The van der Waals surface area contributed by atoms with Gasteiger partial charge in [-0.15, -0.1) is 0 Å². The number of carbonyl (C=O) groups excluding carboxylic acids is 1. The van der Waals surface area contributed by atoms with Crippen LogP contribution in [0.25, 0.3) is 0 Å². The summed E-state index contributed by atoms with van der Waals surface area (Å²) in [7, 11) is -3.94. The highest BCUT2D eigenvalue weighted by atomic mass is 32.2. The molecule has 0 unspecified atom stereocenters. The Kier molecular flexibility index (Phi) is 3.91. The van der Waals surface area contributed by atoms with E-state index in [1.165, 1.54) is 0 Å². The molecule has 0 saturated heterocycles. The molecule has 1 amide bonds. The topological polar surface area (TPSA) is 97.5 Å². The van der Waals surface area contributed by atoms with Crippen LogP contribution in [0.15, 0.2) is 12.2 Å². The van der Waals surface area contributed by atoms with E-state index in [1.54, 1.807) is 0 Å². The average molecular weight is 193 g/mol. The number of hydrogen-bond donors (Lipinski definition) is 2. The fourth-order valence-corrected chi connectivity index (χ4v) is 1.10. The summed E-state index contributed by atoms with van der Waals surface area (Å²) in [4.78, 5) is 10.4. The van der Waals surface area contributed by atoms with Gasteiger partial charge in [0.2, 0.25) is 5.91 Å². The number of primary amides is 1. The molecule has 0 aliphatic carbocycles. The Hall–Kier alpha value is -0.880. The third-order valence-electron chi connectivity index (χ3n) is 1.23. The molecule has 12 heavy (non-hydrogen) atoms. The van der Waals surface area contributed by atoms with E-state index in [9.17, 15) is 13.2 Å². The van der Waals surface area contributed by atoms with Crippen LogP contribution in [0.4, 0.5) is 0 Å². The fraction of sp³-hybridized carbons (Fsp3) is 0.500. The van der Waals surface area contributed by atoms with Gasteiger partial charge in [-0.3, -0.25) is 9.35 Å². The highest BCUT2D eigenvalue weighted by Gasteiger charge is 2.06. The Labute approximate surface area is 71.0 Å². The molecule has 0 aromatic rings. The van der Waals surface area contributed by atoms with Crippen LogP contribution in [-0.4, -0.2) is 24.6 Å². The van der Waals surface area contributed by atoms with Gasteiger partial charge in [0.05, 0.1) is 5.75 Å². The molecule has 0 aliphatic heterocycles. The van der Waals surface area contributed by atoms with Crippen molar-refractivity contribution in [3.63, 3.8) is 0 Å². The van der Waals surface area contributed by atoms with Crippen LogP contribution in [0.3, 0.4) is 0 Å². The van der Waals surface area contributed by atoms with E-state index in [1.807, 2.05) is 0 Å². The van der Waals surface area contributed by atoms with E-state index in [0.717, 1.165) is 0 Å². The first kappa shape index (κ1) is 11.1. The summed E-state index contributed by atoms with van der Waals surface area (Å²) in [5.74, 6) is -1.02. The second-order valence-electron chi connectivity index (χ2n) is 2.36. The molecule has 0 spiro atoms. The van der Waals surface area contributed by atoms with Crippen LogP contribution < -0.4 is 5.73 Å². The molecule has 0 atom stereocenters. The third-order valence-corrected chi connectivity index (χ3v) is 2.03. The molecule has 0 fully saturated rings. The quantitative estimate of drug-likeness (QED) is 0.462. The maximum atomic E-state index is 10.4. The largest absolute Gasteiger partial charge is 0.366 e. The molecule has 0 aromatic heterocycles. The van der Waals surface area contributed by atoms with Crippen LogP contribution in [0.1, 0.15) is 12.8 Å². The van der Waals surface area contributed by atoms with Gasteiger partial charge in [0, 0.05) is 5.57 Å². The number of hydrogen-bond acceptors (Lipinski definition) is 3. The van der Waals surface area contributed by atoms with Gasteiger partial charge in [-0.2, -0.15) is 8.42 Å². The monoisotopic (exact) mass is 193 g/mol. The van der Waals surface area contributed by atoms with Crippen molar-refractivity contribution >= 4 is 16.0 Å². The van der Waals surface area contributed by atoms with E-state index < -0.39 is 16.0 Å². The minimum absolute atomic E-state index is 0.153. The predicted molar refractivity (Wildman–Crippen MR) is 44.0 cm³/mol. The molecule has 0 heterocycles. The second kappa shape index (κ2) is 4.22. The second-order valence-corrected chi connectivity index (χ2v) is 3.93. The molecule has 0 radical (unpaired) electrons. The Morgan fingerprint density at radius 3 is 2.33 bits per heavy atom. The zero-order valence-corrected chi connectivity index (χ0v) is 7.30. The Morgan fingerprint density at radius 2 is 2.00 bits per heavy atom. The summed E-state index contributed by atoms with van der Waals surface area (Å²) < 4.78 is 28.7. The van der Waals surface area contributed by atoms with Crippen molar-refractivity contribution in [1.82, 2.24) is 0 Å². The lowest BCUT2D eigenvalue weighted by Crippen LogP contribution is -2.14. The Balaban J connectivity index is 3.73.